The molecule has 0 saturated heterocycles. The van der Waals surface area contributed by atoms with Crippen LogP contribution in [-0.4, -0.2) is 0 Å². The van der Waals surface area contributed by atoms with Gasteiger partial charge in [0.15, 0.2) is 0 Å². The van der Waals surface area contributed by atoms with Crippen LogP contribution in [0.25, 0.3) is 0 Å². The molecule has 0 amide bonds. The summed E-state index contributed by atoms with van der Waals surface area (Å²) in [6.07, 6.45) is 0. The van der Waals surface area contributed by atoms with E-state index in [1.165, 1.54) is 0 Å². The van der Waals surface area contributed by atoms with Crippen molar-refractivity contribution in [3.8, 4) is 0 Å². The Balaban J connectivity index is 0.000000364. The van der Waals surface area contributed by atoms with Crippen LogP contribution in [-0.2, 0) is 16.8 Å². The van der Waals surface area contributed by atoms with Gasteiger partial charge in [-0.25, -0.2) is 0 Å². The van der Waals surface area contributed by atoms with Crippen LogP contribution in [0, 0.1) is 59.2 Å². The van der Waals surface area contributed by atoms with Gasteiger partial charge in [0.25, 0.3) is 0 Å². The van der Waals surface area contributed by atoms with Crippen LogP contribution in [0.15, 0.2) is 0 Å². The molecule has 2 saturated carbocycles. The fourth-order valence-corrected chi connectivity index (χ4v) is 4.79. The van der Waals surface area contributed by atoms with Crippen LogP contribution in [0.5, 0.6) is 0 Å². The van der Waals surface area contributed by atoms with E-state index in [0.29, 0.717) is 0 Å². The third-order valence-electron chi connectivity index (χ3n) is 8.29. The van der Waals surface area contributed by atoms with Gasteiger partial charge in [-0.1, -0.05) is 69.2 Å². The molecule has 0 bridgehead atoms. The average molecular weight is 339 g/mol. The van der Waals surface area contributed by atoms with Crippen LogP contribution in [0.2, 0.25) is 0 Å². The van der Waals surface area contributed by atoms with E-state index >= 15 is 0 Å². The SMILES string of the molecule is CC1C(C)C(C)C(C)C1C.CC1C(C)C(C)C(C)C1C.[Co]. The summed E-state index contributed by atoms with van der Waals surface area (Å²) < 4.78 is 0. The maximum Gasteiger partial charge on any atom is 0 e. The second-order valence-corrected chi connectivity index (χ2v) is 8.59. The van der Waals surface area contributed by atoms with Gasteiger partial charge in [-0.3, -0.25) is 0 Å². The minimum atomic E-state index is 0. The van der Waals surface area contributed by atoms with Gasteiger partial charge in [-0.15, -0.1) is 0 Å². The number of hydrogen-bond acceptors (Lipinski definition) is 0. The van der Waals surface area contributed by atoms with Crippen molar-refractivity contribution in [3.05, 3.63) is 0 Å². The first kappa shape index (κ1) is 21.5. The Bertz CT molecular complexity index is 181. The van der Waals surface area contributed by atoms with E-state index in [2.05, 4.69) is 69.2 Å². The monoisotopic (exact) mass is 339 g/mol. The molecule has 0 aromatic rings. The molecule has 129 valence electrons. The van der Waals surface area contributed by atoms with Gasteiger partial charge in [0.2, 0.25) is 0 Å². The van der Waals surface area contributed by atoms with Gasteiger partial charge in [-0.2, -0.15) is 0 Å². The second-order valence-electron chi connectivity index (χ2n) is 8.59. The molecule has 1 heteroatoms. The zero-order chi connectivity index (χ0) is 15.8. The van der Waals surface area contributed by atoms with Crippen molar-refractivity contribution in [1.29, 1.82) is 0 Å². The van der Waals surface area contributed by atoms with Gasteiger partial charge in [0.1, 0.15) is 0 Å². The molecule has 2 rings (SSSR count). The van der Waals surface area contributed by atoms with Crippen molar-refractivity contribution in [2.75, 3.05) is 0 Å². The summed E-state index contributed by atoms with van der Waals surface area (Å²) in [6, 6.07) is 0. The van der Waals surface area contributed by atoms with Gasteiger partial charge in [-0.05, 0) is 59.2 Å². The van der Waals surface area contributed by atoms with E-state index in [4.69, 9.17) is 0 Å². The molecule has 0 nitrogen and oxygen atoms in total. The minimum absolute atomic E-state index is 0. The van der Waals surface area contributed by atoms with Crippen molar-refractivity contribution in [2.45, 2.75) is 69.2 Å². The van der Waals surface area contributed by atoms with Crippen LogP contribution in [0.1, 0.15) is 69.2 Å². The molecule has 0 unspecified atom stereocenters. The standard InChI is InChI=1S/2C10H20.Co/c2*1-6-7(2)9(4)10(5)8(6)3;/h2*6-10H,1-5H3;. The van der Waals surface area contributed by atoms with Crippen molar-refractivity contribution >= 4 is 0 Å². The quantitative estimate of drug-likeness (QED) is 0.482. The first-order chi connectivity index (χ1) is 9.11. The predicted molar refractivity (Wildman–Crippen MR) is 91.6 cm³/mol. The fourth-order valence-electron chi connectivity index (χ4n) is 4.79. The van der Waals surface area contributed by atoms with E-state index < -0.39 is 0 Å². The van der Waals surface area contributed by atoms with Crippen LogP contribution in [0.3, 0.4) is 0 Å². The zero-order valence-electron chi connectivity index (χ0n) is 16.1. The number of rotatable bonds is 0. The predicted octanol–water partition coefficient (Wildman–Crippen LogP) is 6.36. The molecule has 0 spiro atoms. The van der Waals surface area contributed by atoms with Gasteiger partial charge < -0.3 is 0 Å². The zero-order valence-corrected chi connectivity index (χ0v) is 17.1. The molecular formula is C20H40Co. The van der Waals surface area contributed by atoms with Crippen molar-refractivity contribution in [2.24, 2.45) is 59.2 Å². The largest absolute Gasteiger partial charge is 0.0620 e. The van der Waals surface area contributed by atoms with Crippen LogP contribution >= 0.6 is 0 Å². The first-order valence-corrected chi connectivity index (χ1v) is 9.11. The number of hydrogen-bond donors (Lipinski definition) is 0. The molecule has 0 aromatic heterocycles. The van der Waals surface area contributed by atoms with Crippen molar-refractivity contribution in [3.63, 3.8) is 0 Å². The van der Waals surface area contributed by atoms with Gasteiger partial charge in [0, 0.05) is 16.8 Å². The van der Waals surface area contributed by atoms with Crippen molar-refractivity contribution in [1.82, 2.24) is 0 Å². The molecule has 0 heterocycles. The Morgan fingerprint density at radius 3 is 0.333 bits per heavy atom. The van der Waals surface area contributed by atoms with E-state index in [1.54, 1.807) is 0 Å². The molecule has 1 radical (unpaired) electrons. The third kappa shape index (κ3) is 4.28. The molecule has 0 atom stereocenters. The first-order valence-electron chi connectivity index (χ1n) is 9.11. The maximum atomic E-state index is 2.40. The summed E-state index contributed by atoms with van der Waals surface area (Å²) in [5.41, 5.74) is 0. The summed E-state index contributed by atoms with van der Waals surface area (Å²) in [7, 11) is 0. The normalized spacial score (nSPS) is 52.9. The second kappa shape index (κ2) is 8.38. The summed E-state index contributed by atoms with van der Waals surface area (Å²) in [4.78, 5) is 0. The minimum Gasteiger partial charge on any atom is -0.0620 e. The Kier molecular flexibility index (Phi) is 8.59. The summed E-state index contributed by atoms with van der Waals surface area (Å²) in [5, 5.41) is 0. The molecule has 21 heavy (non-hydrogen) atoms. The van der Waals surface area contributed by atoms with Crippen LogP contribution in [0.4, 0.5) is 0 Å². The Hall–Kier alpha value is 0.506. The molecule has 2 aliphatic carbocycles. The molecule has 2 aliphatic rings. The molecule has 2 fully saturated rings. The maximum absolute atomic E-state index is 2.40. The van der Waals surface area contributed by atoms with E-state index in [-0.39, 0.29) is 16.8 Å². The van der Waals surface area contributed by atoms with Crippen LogP contribution < -0.4 is 0 Å². The molecule has 0 aromatic carbocycles. The third-order valence-corrected chi connectivity index (χ3v) is 8.29. The Morgan fingerprint density at radius 2 is 0.286 bits per heavy atom. The summed E-state index contributed by atoms with van der Waals surface area (Å²) >= 11 is 0. The Morgan fingerprint density at radius 1 is 0.238 bits per heavy atom. The smallest absolute Gasteiger partial charge is 0 e. The Labute approximate surface area is 145 Å². The fraction of sp³-hybridized carbons (Fsp3) is 1.00. The molecular weight excluding hydrogens is 299 g/mol. The van der Waals surface area contributed by atoms with E-state index in [0.717, 1.165) is 59.2 Å². The van der Waals surface area contributed by atoms with Gasteiger partial charge in [0.05, 0.1) is 0 Å². The summed E-state index contributed by atoms with van der Waals surface area (Å²) in [5.74, 6) is 9.35. The summed E-state index contributed by atoms with van der Waals surface area (Å²) in [6.45, 7) is 24.0. The van der Waals surface area contributed by atoms with E-state index in [1.807, 2.05) is 0 Å². The van der Waals surface area contributed by atoms with Crippen molar-refractivity contribution < 1.29 is 16.8 Å². The van der Waals surface area contributed by atoms with E-state index in [9.17, 15) is 0 Å². The average Bonchev–Trinajstić information content (AvgIpc) is 2.71. The topological polar surface area (TPSA) is 0 Å². The van der Waals surface area contributed by atoms with Gasteiger partial charge >= 0.3 is 0 Å². The molecule has 0 aliphatic heterocycles. The molecule has 0 N–H and O–H groups in total.